The Balaban J connectivity index is 2.01. The minimum atomic E-state index is -0.787. The number of benzene rings is 1. The molecule has 1 aromatic heterocycles. The van der Waals surface area contributed by atoms with Crippen LogP contribution in [0.5, 0.6) is 0 Å². The summed E-state index contributed by atoms with van der Waals surface area (Å²) >= 11 is 0. The maximum Gasteiger partial charge on any atom is 0.412 e. The molecule has 0 bridgehead atoms. The summed E-state index contributed by atoms with van der Waals surface area (Å²) in [5.74, 6) is 0.460. The summed E-state index contributed by atoms with van der Waals surface area (Å²) in [6.07, 6.45) is 1.03. The van der Waals surface area contributed by atoms with Gasteiger partial charge in [-0.2, -0.15) is 5.10 Å². The molecule has 2 aromatic rings. The fourth-order valence-electron chi connectivity index (χ4n) is 2.62. The largest absolute Gasteiger partial charge is 0.444 e. The lowest BCUT2D eigenvalue weighted by atomic mass is 10.1. The van der Waals surface area contributed by atoms with Gasteiger partial charge in [0, 0.05) is 17.3 Å². The molecule has 0 atom stereocenters. The third kappa shape index (κ3) is 5.51. The number of carbonyl (C=O) groups excluding carboxylic acids is 1. The Kier molecular flexibility index (Phi) is 5.97. The first-order valence-corrected chi connectivity index (χ1v) is 9.28. The number of amides is 1. The molecule has 1 aliphatic rings. The molecule has 1 saturated heterocycles. The summed E-state index contributed by atoms with van der Waals surface area (Å²) in [6.45, 7) is 7.88. The van der Waals surface area contributed by atoms with Crippen molar-refractivity contribution < 1.29 is 19.2 Å². The number of nitrogens with one attached hydrogen (secondary N) is 2. The van der Waals surface area contributed by atoms with Crippen LogP contribution < -0.4 is 10.6 Å². The molecule has 1 aliphatic heterocycles. The Morgan fingerprint density at radius 1 is 1.23 bits per heavy atom. The average molecular weight is 413 g/mol. The number of hydrogen-bond acceptors (Lipinski definition) is 8. The normalized spacial score (nSPS) is 13.3. The Morgan fingerprint density at radius 2 is 1.97 bits per heavy atom. The molecule has 0 unspecified atom stereocenters. The van der Waals surface area contributed by atoms with Crippen LogP contribution in [0, 0.1) is 17.0 Å². The average Bonchev–Trinajstić information content (AvgIpc) is 2.59. The topological polar surface area (TPSA) is 129 Å². The van der Waals surface area contributed by atoms with Crippen LogP contribution in [0.25, 0.3) is 6.08 Å². The van der Waals surface area contributed by atoms with Gasteiger partial charge in [-0.15, -0.1) is 5.10 Å². The summed E-state index contributed by atoms with van der Waals surface area (Å²) in [7, 11) is 0. The zero-order chi connectivity index (χ0) is 21.9. The second-order valence-corrected chi connectivity index (χ2v) is 7.82. The number of anilines is 3. The fraction of sp³-hybridized carbons (Fsp3) is 0.350. The van der Waals surface area contributed by atoms with E-state index >= 15 is 0 Å². The summed E-state index contributed by atoms with van der Waals surface area (Å²) in [6, 6.07) is 6.41. The van der Waals surface area contributed by atoms with E-state index in [0.29, 0.717) is 30.3 Å². The molecular weight excluding hydrogens is 390 g/mol. The second-order valence-electron chi connectivity index (χ2n) is 7.82. The lowest BCUT2D eigenvalue weighted by Crippen LogP contribution is -2.27. The van der Waals surface area contributed by atoms with E-state index in [4.69, 9.17) is 9.47 Å². The molecule has 30 heavy (non-hydrogen) atoms. The van der Waals surface area contributed by atoms with Crippen molar-refractivity contribution in [2.45, 2.75) is 33.3 Å². The highest BCUT2D eigenvalue weighted by Gasteiger charge is 2.23. The first-order valence-electron chi connectivity index (χ1n) is 9.28. The van der Waals surface area contributed by atoms with Gasteiger partial charge in [0.25, 0.3) is 5.69 Å². The van der Waals surface area contributed by atoms with Gasteiger partial charge >= 0.3 is 6.09 Å². The van der Waals surface area contributed by atoms with Crippen LogP contribution in [0.15, 0.2) is 29.8 Å². The van der Waals surface area contributed by atoms with Gasteiger partial charge in [-0.1, -0.05) is 0 Å². The van der Waals surface area contributed by atoms with Crippen molar-refractivity contribution in [3.63, 3.8) is 0 Å². The number of aromatic nitrogens is 2. The number of nitro groups is 1. The van der Waals surface area contributed by atoms with E-state index in [2.05, 4.69) is 20.8 Å². The Morgan fingerprint density at radius 3 is 2.50 bits per heavy atom. The summed E-state index contributed by atoms with van der Waals surface area (Å²) < 4.78 is 10.4. The molecule has 2 heterocycles. The van der Waals surface area contributed by atoms with Crippen molar-refractivity contribution in [3.8, 4) is 0 Å². The van der Waals surface area contributed by atoms with Crippen LogP contribution >= 0.6 is 0 Å². The zero-order valence-corrected chi connectivity index (χ0v) is 17.2. The SMILES string of the molecule is Cc1ccc(Nc2cc(NC(=O)OC(C)(C)C)c([N+](=O)[O-])cc2C=C2COC2)nn1. The van der Waals surface area contributed by atoms with Gasteiger partial charge in [-0.05, 0) is 57.5 Å². The summed E-state index contributed by atoms with van der Waals surface area (Å²) in [4.78, 5) is 23.3. The van der Waals surface area contributed by atoms with Gasteiger partial charge in [-0.3, -0.25) is 15.4 Å². The molecule has 3 rings (SSSR count). The predicted molar refractivity (Wildman–Crippen MR) is 112 cm³/mol. The van der Waals surface area contributed by atoms with Gasteiger partial charge in [0.15, 0.2) is 5.82 Å². The maximum absolute atomic E-state index is 12.2. The van der Waals surface area contributed by atoms with Crippen LogP contribution in [-0.4, -0.2) is 40.0 Å². The zero-order valence-electron chi connectivity index (χ0n) is 17.2. The molecule has 0 spiro atoms. The standard InChI is InChI=1S/C20H23N5O5/c1-12-5-6-18(24-23-12)21-15-9-16(22-19(26)30-20(2,3)4)17(25(27)28)8-14(15)7-13-10-29-11-13/h5-9H,10-11H2,1-4H3,(H,21,24)(H,22,26). The van der Waals surface area contributed by atoms with Crippen LogP contribution in [0.3, 0.4) is 0 Å². The number of nitrogens with zero attached hydrogens (tertiary/aromatic N) is 3. The van der Waals surface area contributed by atoms with Crippen LogP contribution in [0.2, 0.25) is 0 Å². The number of carbonyl (C=O) groups is 1. The molecule has 10 nitrogen and oxygen atoms in total. The smallest absolute Gasteiger partial charge is 0.412 e. The van der Waals surface area contributed by atoms with Crippen LogP contribution in [0.4, 0.5) is 27.7 Å². The molecule has 0 radical (unpaired) electrons. The van der Waals surface area contributed by atoms with E-state index < -0.39 is 16.6 Å². The van der Waals surface area contributed by atoms with Crippen molar-refractivity contribution in [3.05, 3.63) is 51.2 Å². The van der Waals surface area contributed by atoms with E-state index in [1.807, 2.05) is 13.0 Å². The molecule has 0 saturated carbocycles. The fourth-order valence-corrected chi connectivity index (χ4v) is 2.62. The first-order chi connectivity index (χ1) is 14.1. The van der Waals surface area contributed by atoms with Gasteiger partial charge < -0.3 is 14.8 Å². The molecular formula is C20H23N5O5. The number of aryl methyl sites for hydroxylation is 1. The highest BCUT2D eigenvalue weighted by molar-refractivity contribution is 5.91. The van der Waals surface area contributed by atoms with Crippen molar-refractivity contribution in [2.24, 2.45) is 0 Å². The van der Waals surface area contributed by atoms with E-state index in [-0.39, 0.29) is 11.4 Å². The van der Waals surface area contributed by atoms with Gasteiger partial charge in [0.05, 0.1) is 23.8 Å². The van der Waals surface area contributed by atoms with Crippen molar-refractivity contribution >= 4 is 35.0 Å². The molecule has 10 heteroatoms. The van der Waals surface area contributed by atoms with Crippen LogP contribution in [0.1, 0.15) is 32.0 Å². The highest BCUT2D eigenvalue weighted by Crippen LogP contribution is 2.35. The van der Waals surface area contributed by atoms with Crippen molar-refractivity contribution in [1.82, 2.24) is 10.2 Å². The molecule has 1 amide bonds. The number of hydrogen-bond donors (Lipinski definition) is 2. The molecule has 1 aromatic carbocycles. The van der Waals surface area contributed by atoms with Crippen LogP contribution in [-0.2, 0) is 9.47 Å². The minimum absolute atomic E-state index is 0.00355. The lowest BCUT2D eigenvalue weighted by Gasteiger charge is -2.21. The van der Waals surface area contributed by atoms with Crippen molar-refractivity contribution in [1.29, 1.82) is 0 Å². The number of ether oxygens (including phenoxy) is 2. The first kappa shape index (κ1) is 21.2. The monoisotopic (exact) mass is 413 g/mol. The van der Waals surface area contributed by atoms with Crippen molar-refractivity contribution in [2.75, 3.05) is 23.8 Å². The van der Waals surface area contributed by atoms with E-state index in [1.165, 1.54) is 12.1 Å². The highest BCUT2D eigenvalue weighted by atomic mass is 16.6. The molecule has 0 aliphatic carbocycles. The Bertz CT molecular complexity index is 990. The third-order valence-corrected chi connectivity index (χ3v) is 4.00. The lowest BCUT2D eigenvalue weighted by molar-refractivity contribution is -0.383. The van der Waals surface area contributed by atoms with Gasteiger partial charge in [0.1, 0.15) is 11.3 Å². The minimum Gasteiger partial charge on any atom is -0.444 e. The maximum atomic E-state index is 12.2. The molecule has 158 valence electrons. The quantitative estimate of drug-likeness (QED) is 0.551. The Hall–Kier alpha value is -3.53. The number of nitro benzene ring substituents is 1. The summed E-state index contributed by atoms with van der Waals surface area (Å²) in [5, 5.41) is 25.3. The van der Waals surface area contributed by atoms with E-state index in [1.54, 1.807) is 32.9 Å². The summed E-state index contributed by atoms with van der Waals surface area (Å²) in [5.41, 5.74) is 1.84. The van der Waals surface area contributed by atoms with Gasteiger partial charge in [-0.25, -0.2) is 4.79 Å². The predicted octanol–water partition coefficient (Wildman–Crippen LogP) is 4.20. The molecule has 1 fully saturated rings. The van der Waals surface area contributed by atoms with E-state index in [0.717, 1.165) is 11.3 Å². The van der Waals surface area contributed by atoms with E-state index in [9.17, 15) is 14.9 Å². The molecule has 2 N–H and O–H groups in total. The number of rotatable bonds is 5. The third-order valence-electron chi connectivity index (χ3n) is 4.00. The Labute approximate surface area is 173 Å². The van der Waals surface area contributed by atoms with Gasteiger partial charge in [0.2, 0.25) is 0 Å². The second kappa shape index (κ2) is 8.46.